The second-order valence-corrected chi connectivity index (χ2v) is 4.78. The highest BCUT2D eigenvalue weighted by atomic mass is 35.5. The summed E-state index contributed by atoms with van der Waals surface area (Å²) in [5.74, 6) is 0.622. The van der Waals surface area contributed by atoms with Gasteiger partial charge in [0.15, 0.2) is 0 Å². The van der Waals surface area contributed by atoms with E-state index in [9.17, 15) is 0 Å². The monoisotopic (exact) mass is 353 g/mol. The Hall–Kier alpha value is -0.520. The first kappa shape index (κ1) is 20.5. The number of hydrogen-bond acceptors (Lipinski definition) is 3. The second-order valence-electron chi connectivity index (χ2n) is 4.56. The summed E-state index contributed by atoms with van der Waals surface area (Å²) in [6, 6.07) is 10.2. The summed E-state index contributed by atoms with van der Waals surface area (Å²) in [6.07, 6.45) is 0. The van der Waals surface area contributed by atoms with Crippen LogP contribution in [0, 0.1) is 5.41 Å². The fourth-order valence-corrected chi connectivity index (χ4v) is 2.33. The summed E-state index contributed by atoms with van der Waals surface area (Å²) in [5, 5.41) is 8.22. The summed E-state index contributed by atoms with van der Waals surface area (Å²) in [6.45, 7) is 5.34. The molecule has 1 aromatic carbocycles. The van der Waals surface area contributed by atoms with E-state index in [0.29, 0.717) is 12.4 Å². The number of alkyl halides is 1. The van der Waals surface area contributed by atoms with Crippen molar-refractivity contribution in [2.24, 2.45) is 0 Å². The highest BCUT2D eigenvalue weighted by molar-refractivity contribution is 6.17. The molecule has 1 aliphatic rings. The molecule has 0 bridgehead atoms. The van der Waals surface area contributed by atoms with Gasteiger partial charge in [0, 0.05) is 38.3 Å². The maximum Gasteiger partial charge on any atom is 0.128 e. The Morgan fingerprint density at radius 3 is 2.29 bits per heavy atom. The smallest absolute Gasteiger partial charge is 0.128 e. The summed E-state index contributed by atoms with van der Waals surface area (Å²) in [5.41, 5.74) is 0.987. The van der Waals surface area contributed by atoms with E-state index < -0.39 is 0 Å². The molecule has 1 fully saturated rings. The van der Waals surface area contributed by atoms with Crippen LogP contribution in [0.25, 0.3) is 0 Å². The van der Waals surface area contributed by atoms with Crippen LogP contribution in [0.5, 0.6) is 0 Å². The van der Waals surface area contributed by atoms with Crippen molar-refractivity contribution in [3.63, 3.8) is 0 Å². The molecule has 1 N–H and O–H groups in total. The molecule has 1 aromatic rings. The number of piperazine rings is 1. The summed E-state index contributed by atoms with van der Waals surface area (Å²) in [7, 11) is 0. The van der Waals surface area contributed by atoms with Crippen LogP contribution in [-0.4, -0.2) is 61.0 Å². The molecule has 7 heteroatoms. The van der Waals surface area contributed by atoms with Crippen molar-refractivity contribution in [1.82, 2.24) is 9.80 Å². The molecule has 0 aliphatic carbocycles. The minimum Gasteiger partial charge on any atom is -0.364 e. The van der Waals surface area contributed by atoms with E-state index >= 15 is 0 Å². The number of hydrogen-bond donors (Lipinski definition) is 1. The molecular formula is C14H22Cl3N3O. The van der Waals surface area contributed by atoms with Gasteiger partial charge in [-0.25, -0.2) is 0 Å². The lowest BCUT2D eigenvalue weighted by molar-refractivity contribution is 0.112. The SMILES string of the molecule is Cl.Cl.N=C(c1ccccc1)N1CCN(CCOCCl)CC1. The van der Waals surface area contributed by atoms with E-state index in [-0.39, 0.29) is 30.9 Å². The van der Waals surface area contributed by atoms with E-state index in [2.05, 4.69) is 9.80 Å². The summed E-state index contributed by atoms with van der Waals surface area (Å²) >= 11 is 5.47. The highest BCUT2D eigenvalue weighted by Gasteiger charge is 2.19. The van der Waals surface area contributed by atoms with Crippen LogP contribution in [0.1, 0.15) is 5.56 Å². The van der Waals surface area contributed by atoms with Gasteiger partial charge >= 0.3 is 0 Å². The molecule has 0 aromatic heterocycles. The predicted octanol–water partition coefficient (Wildman–Crippen LogP) is 2.69. The highest BCUT2D eigenvalue weighted by Crippen LogP contribution is 2.08. The molecule has 1 aliphatic heterocycles. The van der Waals surface area contributed by atoms with Gasteiger partial charge in [-0.3, -0.25) is 10.3 Å². The molecule has 0 unspecified atom stereocenters. The minimum absolute atomic E-state index is 0. The molecule has 0 radical (unpaired) electrons. The van der Waals surface area contributed by atoms with Gasteiger partial charge in [-0.05, 0) is 0 Å². The van der Waals surface area contributed by atoms with Crippen LogP contribution in [0.15, 0.2) is 30.3 Å². The van der Waals surface area contributed by atoms with Crippen LogP contribution in [0.4, 0.5) is 0 Å². The average Bonchev–Trinajstić information content (AvgIpc) is 2.48. The Balaban J connectivity index is 0.00000200. The van der Waals surface area contributed by atoms with Gasteiger partial charge in [-0.2, -0.15) is 0 Å². The van der Waals surface area contributed by atoms with E-state index in [1.807, 2.05) is 30.3 Å². The molecule has 1 heterocycles. The lowest BCUT2D eigenvalue weighted by Crippen LogP contribution is -2.49. The first-order chi connectivity index (χ1) is 9.31. The van der Waals surface area contributed by atoms with Crippen molar-refractivity contribution in [3.05, 3.63) is 35.9 Å². The van der Waals surface area contributed by atoms with Crippen molar-refractivity contribution in [2.75, 3.05) is 45.4 Å². The van der Waals surface area contributed by atoms with E-state index in [4.69, 9.17) is 21.7 Å². The predicted molar refractivity (Wildman–Crippen MR) is 92.5 cm³/mol. The van der Waals surface area contributed by atoms with Crippen molar-refractivity contribution in [3.8, 4) is 0 Å². The quantitative estimate of drug-likeness (QED) is 0.382. The van der Waals surface area contributed by atoms with Gasteiger partial charge in [0.25, 0.3) is 0 Å². The fraction of sp³-hybridized carbons (Fsp3) is 0.500. The number of halogens is 3. The Bertz CT molecular complexity index is 398. The largest absolute Gasteiger partial charge is 0.364 e. The van der Waals surface area contributed by atoms with Gasteiger partial charge in [-0.1, -0.05) is 41.9 Å². The van der Waals surface area contributed by atoms with Crippen molar-refractivity contribution < 1.29 is 4.74 Å². The number of rotatable bonds is 5. The molecule has 1 saturated heterocycles. The van der Waals surface area contributed by atoms with Crippen LogP contribution < -0.4 is 0 Å². The third kappa shape index (κ3) is 6.41. The van der Waals surface area contributed by atoms with Gasteiger partial charge in [0.1, 0.15) is 11.9 Å². The number of nitrogens with one attached hydrogen (secondary N) is 1. The molecule has 4 nitrogen and oxygen atoms in total. The zero-order valence-electron chi connectivity index (χ0n) is 11.8. The summed E-state index contributed by atoms with van der Waals surface area (Å²) in [4.78, 5) is 4.48. The third-order valence-corrected chi connectivity index (χ3v) is 3.52. The van der Waals surface area contributed by atoms with E-state index in [0.717, 1.165) is 38.3 Å². The third-order valence-electron chi connectivity index (χ3n) is 3.36. The fourth-order valence-electron chi connectivity index (χ4n) is 2.22. The van der Waals surface area contributed by atoms with Gasteiger partial charge in [0.2, 0.25) is 0 Å². The lowest BCUT2D eigenvalue weighted by atomic mass is 10.1. The molecule has 0 saturated carbocycles. The van der Waals surface area contributed by atoms with Gasteiger partial charge < -0.3 is 9.64 Å². The first-order valence-corrected chi connectivity index (χ1v) is 7.09. The Labute approximate surface area is 143 Å². The Kier molecular flexibility index (Phi) is 10.8. The van der Waals surface area contributed by atoms with Gasteiger partial charge in [0.05, 0.1) is 6.61 Å². The van der Waals surface area contributed by atoms with Crippen LogP contribution in [0.3, 0.4) is 0 Å². The lowest BCUT2D eigenvalue weighted by Gasteiger charge is -2.36. The number of ether oxygens (including phenoxy) is 1. The van der Waals surface area contributed by atoms with Crippen LogP contribution >= 0.6 is 36.4 Å². The topological polar surface area (TPSA) is 39.6 Å². The van der Waals surface area contributed by atoms with Crippen molar-refractivity contribution in [1.29, 1.82) is 5.41 Å². The summed E-state index contributed by atoms with van der Waals surface area (Å²) < 4.78 is 5.15. The molecule has 2 rings (SSSR count). The average molecular weight is 355 g/mol. The second kappa shape index (κ2) is 11.1. The normalized spacial score (nSPS) is 15.0. The Morgan fingerprint density at radius 2 is 1.71 bits per heavy atom. The standard InChI is InChI=1S/C14H20ClN3O.2ClH/c15-12-19-11-10-17-6-8-18(9-7-17)14(16)13-4-2-1-3-5-13;;/h1-5,16H,6-12H2;2*1H. The number of nitrogens with zero attached hydrogens (tertiary/aromatic N) is 2. The van der Waals surface area contributed by atoms with Gasteiger partial charge in [-0.15, -0.1) is 24.8 Å². The molecule has 0 atom stereocenters. The minimum atomic E-state index is 0. The maximum absolute atomic E-state index is 8.22. The number of benzene rings is 1. The zero-order chi connectivity index (χ0) is 13.5. The molecule has 0 spiro atoms. The van der Waals surface area contributed by atoms with E-state index in [1.54, 1.807) is 0 Å². The first-order valence-electron chi connectivity index (χ1n) is 6.56. The Morgan fingerprint density at radius 1 is 1.10 bits per heavy atom. The number of amidine groups is 1. The zero-order valence-corrected chi connectivity index (χ0v) is 14.2. The van der Waals surface area contributed by atoms with Crippen molar-refractivity contribution >= 4 is 42.3 Å². The molecule has 0 amide bonds. The molecule has 21 heavy (non-hydrogen) atoms. The maximum atomic E-state index is 8.22. The van der Waals surface area contributed by atoms with Crippen LogP contribution in [0.2, 0.25) is 0 Å². The van der Waals surface area contributed by atoms with Crippen LogP contribution in [-0.2, 0) is 4.74 Å². The molecule has 120 valence electrons. The van der Waals surface area contributed by atoms with Crippen molar-refractivity contribution in [2.45, 2.75) is 0 Å². The van der Waals surface area contributed by atoms with E-state index in [1.165, 1.54) is 0 Å². The molecular weight excluding hydrogens is 333 g/mol.